The molecule has 148 valence electrons. The van der Waals surface area contributed by atoms with E-state index in [2.05, 4.69) is 13.8 Å². The van der Waals surface area contributed by atoms with Crippen molar-refractivity contribution in [2.24, 2.45) is 0 Å². The Morgan fingerprint density at radius 2 is 1.42 bits per heavy atom. The third-order valence-corrected chi connectivity index (χ3v) is 4.79. The van der Waals surface area contributed by atoms with Gasteiger partial charge in [0.15, 0.2) is 5.78 Å². The summed E-state index contributed by atoms with van der Waals surface area (Å²) in [5.41, 5.74) is -0.870. The maximum Gasteiger partial charge on any atom is 0.350 e. The minimum Gasteiger partial charge on any atom is -0.507 e. The van der Waals surface area contributed by atoms with Crippen LogP contribution < -0.4 is 5.63 Å². The third kappa shape index (κ3) is 8.68. The highest BCUT2D eigenvalue weighted by Gasteiger charge is 2.18. The summed E-state index contributed by atoms with van der Waals surface area (Å²) in [7, 11) is 0. The van der Waals surface area contributed by atoms with Crippen LogP contribution in [0.5, 0.6) is 5.75 Å². The molecule has 0 unspecified atom stereocenters. The summed E-state index contributed by atoms with van der Waals surface area (Å²) in [4.78, 5) is 24.3. The number of aryl methyl sites for hydroxylation is 1. The Balaban J connectivity index is 2.44. The Kier molecular flexibility index (Phi) is 11.7. The monoisotopic (exact) mass is 364 g/mol. The van der Waals surface area contributed by atoms with Gasteiger partial charge in [0.25, 0.3) is 0 Å². The fourth-order valence-electron chi connectivity index (χ4n) is 3.18. The Labute approximate surface area is 158 Å². The van der Waals surface area contributed by atoms with Crippen molar-refractivity contribution in [1.29, 1.82) is 0 Å². The van der Waals surface area contributed by atoms with Gasteiger partial charge in [-0.3, -0.25) is 4.79 Å². The zero-order valence-corrected chi connectivity index (χ0v) is 16.6. The van der Waals surface area contributed by atoms with E-state index < -0.39 is 5.63 Å². The van der Waals surface area contributed by atoms with E-state index in [-0.39, 0.29) is 17.1 Å². The van der Waals surface area contributed by atoms with Crippen LogP contribution in [0, 0.1) is 0 Å². The molecule has 4 heteroatoms. The zero-order valence-electron chi connectivity index (χ0n) is 16.6. The van der Waals surface area contributed by atoms with Crippen LogP contribution in [-0.4, -0.2) is 10.9 Å². The summed E-state index contributed by atoms with van der Waals surface area (Å²) in [6.45, 7) is 4.35. The summed E-state index contributed by atoms with van der Waals surface area (Å²) in [5, 5.41) is 10.1. The number of carbonyl (C=O) groups is 1. The maximum absolute atomic E-state index is 12.2. The summed E-state index contributed by atoms with van der Waals surface area (Å²) in [6, 6.07) is 1.45. The van der Waals surface area contributed by atoms with Crippen LogP contribution in [0.1, 0.15) is 113 Å². The summed E-state index contributed by atoms with van der Waals surface area (Å²) < 4.78 is 5.26. The van der Waals surface area contributed by atoms with Gasteiger partial charge < -0.3 is 9.52 Å². The van der Waals surface area contributed by atoms with Gasteiger partial charge in [0, 0.05) is 18.9 Å². The first-order valence-electron chi connectivity index (χ1n) is 10.5. The lowest BCUT2D eigenvalue weighted by atomic mass is 10.0. The molecule has 4 nitrogen and oxygen atoms in total. The van der Waals surface area contributed by atoms with Crippen molar-refractivity contribution in [3.63, 3.8) is 0 Å². The van der Waals surface area contributed by atoms with Gasteiger partial charge in [0.1, 0.15) is 17.1 Å². The van der Waals surface area contributed by atoms with Crippen molar-refractivity contribution in [3.05, 3.63) is 27.8 Å². The van der Waals surface area contributed by atoms with Gasteiger partial charge >= 0.3 is 5.63 Å². The quantitative estimate of drug-likeness (QED) is 0.298. The average Bonchev–Trinajstić information content (AvgIpc) is 2.60. The topological polar surface area (TPSA) is 67.5 Å². The molecule has 0 saturated heterocycles. The minimum absolute atomic E-state index is 0.177. The molecule has 1 aromatic rings. The number of hydrogen-bond acceptors (Lipinski definition) is 4. The molecule has 0 aliphatic heterocycles. The predicted octanol–water partition coefficient (Wildman–Crippen LogP) is 6.18. The van der Waals surface area contributed by atoms with E-state index in [0.29, 0.717) is 18.6 Å². The molecular weight excluding hydrogens is 328 g/mol. The highest BCUT2D eigenvalue weighted by molar-refractivity contribution is 5.97. The van der Waals surface area contributed by atoms with Crippen LogP contribution in [0.3, 0.4) is 0 Å². The molecule has 0 aromatic carbocycles. The van der Waals surface area contributed by atoms with Gasteiger partial charge in [0.05, 0.1) is 0 Å². The van der Waals surface area contributed by atoms with Crippen molar-refractivity contribution < 1.29 is 14.3 Å². The Morgan fingerprint density at radius 3 is 2.00 bits per heavy atom. The number of carbonyl (C=O) groups excluding carboxylic acids is 1. The molecular formula is C22H36O4. The molecule has 0 bridgehead atoms. The van der Waals surface area contributed by atoms with Crippen LogP contribution in [0.2, 0.25) is 0 Å². The second kappa shape index (κ2) is 13.6. The molecule has 1 aromatic heterocycles. The van der Waals surface area contributed by atoms with Crippen molar-refractivity contribution in [1.82, 2.24) is 0 Å². The van der Waals surface area contributed by atoms with E-state index in [9.17, 15) is 14.7 Å². The van der Waals surface area contributed by atoms with E-state index in [0.717, 1.165) is 44.9 Å². The third-order valence-electron chi connectivity index (χ3n) is 4.79. The van der Waals surface area contributed by atoms with Gasteiger partial charge in [-0.15, -0.1) is 0 Å². The second-order valence-electron chi connectivity index (χ2n) is 7.22. The lowest BCUT2D eigenvalue weighted by molar-refractivity contribution is 0.0972. The fourth-order valence-corrected chi connectivity index (χ4v) is 3.18. The Morgan fingerprint density at radius 1 is 0.885 bits per heavy atom. The first kappa shape index (κ1) is 22.5. The van der Waals surface area contributed by atoms with Crippen LogP contribution in [0.4, 0.5) is 0 Å². The van der Waals surface area contributed by atoms with E-state index in [4.69, 9.17) is 4.42 Å². The van der Waals surface area contributed by atoms with Gasteiger partial charge in [-0.2, -0.15) is 0 Å². The van der Waals surface area contributed by atoms with Crippen molar-refractivity contribution in [3.8, 4) is 5.75 Å². The normalized spacial score (nSPS) is 11.0. The molecule has 26 heavy (non-hydrogen) atoms. The zero-order chi connectivity index (χ0) is 19.2. The predicted molar refractivity (Wildman–Crippen MR) is 106 cm³/mol. The number of hydrogen-bond donors (Lipinski definition) is 1. The number of aromatic hydroxyl groups is 1. The largest absolute Gasteiger partial charge is 0.507 e. The molecule has 1 rings (SSSR count). The molecule has 0 atom stereocenters. The molecule has 0 saturated carbocycles. The number of unbranched alkanes of at least 4 members (excludes halogenated alkanes) is 10. The molecule has 1 N–H and O–H groups in total. The highest BCUT2D eigenvalue weighted by atomic mass is 16.4. The minimum atomic E-state index is -0.693. The van der Waals surface area contributed by atoms with E-state index in [1.54, 1.807) is 0 Å². The van der Waals surface area contributed by atoms with Crippen LogP contribution in [0.25, 0.3) is 0 Å². The number of Topliss-reactive ketones (excluding diaryl/α,β-unsaturated/α-hetero) is 1. The second-order valence-corrected chi connectivity index (χ2v) is 7.22. The molecule has 0 amide bonds. The number of ketones is 1. The van der Waals surface area contributed by atoms with E-state index in [1.807, 2.05) is 0 Å². The standard InChI is InChI=1S/C22H36O4/c1-3-5-7-9-10-12-13-15-18-17-20(24)21(22(25)26-18)19(23)16-14-11-8-6-4-2/h17,24H,3-16H2,1-2H3. The Bertz CT molecular complexity index is 574. The van der Waals surface area contributed by atoms with Gasteiger partial charge in [-0.1, -0.05) is 78.1 Å². The molecule has 0 aliphatic rings. The number of rotatable bonds is 15. The van der Waals surface area contributed by atoms with E-state index >= 15 is 0 Å². The molecule has 0 aliphatic carbocycles. The van der Waals surface area contributed by atoms with Crippen molar-refractivity contribution in [2.75, 3.05) is 0 Å². The van der Waals surface area contributed by atoms with E-state index in [1.165, 1.54) is 38.2 Å². The lowest BCUT2D eigenvalue weighted by Crippen LogP contribution is -2.15. The smallest absolute Gasteiger partial charge is 0.350 e. The van der Waals surface area contributed by atoms with Crippen LogP contribution >= 0.6 is 0 Å². The molecule has 0 radical (unpaired) electrons. The van der Waals surface area contributed by atoms with Crippen molar-refractivity contribution >= 4 is 5.78 Å². The summed E-state index contributed by atoms with van der Waals surface area (Å²) in [5.74, 6) is -0.0615. The summed E-state index contributed by atoms with van der Waals surface area (Å²) in [6.07, 6.45) is 14.3. The first-order chi connectivity index (χ1) is 12.6. The van der Waals surface area contributed by atoms with Crippen LogP contribution in [0.15, 0.2) is 15.3 Å². The molecule has 0 spiro atoms. The maximum atomic E-state index is 12.2. The molecule has 1 heterocycles. The SMILES string of the molecule is CCCCCCCCCc1cc(O)c(C(=O)CCCCCCC)c(=O)o1. The van der Waals surface area contributed by atoms with Crippen LogP contribution in [-0.2, 0) is 6.42 Å². The van der Waals surface area contributed by atoms with Gasteiger partial charge in [-0.25, -0.2) is 4.79 Å². The fraction of sp³-hybridized carbons (Fsp3) is 0.727. The van der Waals surface area contributed by atoms with Gasteiger partial charge in [-0.05, 0) is 12.8 Å². The van der Waals surface area contributed by atoms with Crippen molar-refractivity contribution in [2.45, 2.75) is 104 Å². The van der Waals surface area contributed by atoms with Gasteiger partial charge in [0.2, 0.25) is 0 Å². The molecule has 0 fully saturated rings. The average molecular weight is 365 g/mol. The Hall–Kier alpha value is -1.58. The first-order valence-corrected chi connectivity index (χ1v) is 10.5. The lowest BCUT2D eigenvalue weighted by Gasteiger charge is -2.06. The highest BCUT2D eigenvalue weighted by Crippen LogP contribution is 2.20. The summed E-state index contributed by atoms with van der Waals surface area (Å²) >= 11 is 0.